The van der Waals surface area contributed by atoms with Crippen molar-refractivity contribution in [2.75, 3.05) is 18.0 Å². The maximum absolute atomic E-state index is 10.4. The lowest BCUT2D eigenvalue weighted by atomic mass is 10.1. The third-order valence-corrected chi connectivity index (χ3v) is 2.58. The van der Waals surface area contributed by atoms with Crippen LogP contribution in [-0.4, -0.2) is 40.8 Å². The zero-order valence-electron chi connectivity index (χ0n) is 8.33. The SMILES string of the molecule is O=Cc1ccc(N2CCC(O)CC2)nn1. The average Bonchev–Trinajstić information content (AvgIpc) is 2.30. The molecular weight excluding hydrogens is 194 g/mol. The van der Waals surface area contributed by atoms with E-state index in [1.54, 1.807) is 12.1 Å². The van der Waals surface area contributed by atoms with Gasteiger partial charge in [0.2, 0.25) is 0 Å². The van der Waals surface area contributed by atoms with Crippen LogP contribution in [-0.2, 0) is 0 Å². The first-order chi connectivity index (χ1) is 7.29. The Labute approximate surface area is 87.7 Å². The number of carbonyl (C=O) groups excluding carboxylic acids is 1. The van der Waals surface area contributed by atoms with E-state index in [-0.39, 0.29) is 6.10 Å². The third-order valence-electron chi connectivity index (χ3n) is 2.58. The first kappa shape index (κ1) is 10.0. The van der Waals surface area contributed by atoms with Crippen molar-refractivity contribution in [2.45, 2.75) is 18.9 Å². The smallest absolute Gasteiger partial charge is 0.170 e. The second kappa shape index (κ2) is 4.35. The van der Waals surface area contributed by atoms with Gasteiger partial charge in [0.05, 0.1) is 6.10 Å². The van der Waals surface area contributed by atoms with Crippen LogP contribution in [0.3, 0.4) is 0 Å². The molecule has 1 N–H and O–H groups in total. The zero-order chi connectivity index (χ0) is 10.7. The monoisotopic (exact) mass is 207 g/mol. The van der Waals surface area contributed by atoms with Gasteiger partial charge in [-0.1, -0.05) is 0 Å². The van der Waals surface area contributed by atoms with Crippen molar-refractivity contribution in [1.29, 1.82) is 0 Å². The number of rotatable bonds is 2. The molecule has 1 fully saturated rings. The van der Waals surface area contributed by atoms with Crippen molar-refractivity contribution in [3.63, 3.8) is 0 Å². The fraction of sp³-hybridized carbons (Fsp3) is 0.500. The molecule has 0 unspecified atom stereocenters. The lowest BCUT2D eigenvalue weighted by Crippen LogP contribution is -2.36. The molecule has 80 valence electrons. The highest BCUT2D eigenvalue weighted by molar-refractivity contribution is 5.71. The van der Waals surface area contributed by atoms with Gasteiger partial charge in [-0.3, -0.25) is 4.79 Å². The largest absolute Gasteiger partial charge is 0.393 e. The molecule has 1 saturated heterocycles. The number of aliphatic hydroxyl groups excluding tert-OH is 1. The fourth-order valence-corrected chi connectivity index (χ4v) is 1.66. The normalized spacial score (nSPS) is 17.8. The van der Waals surface area contributed by atoms with Crippen LogP contribution in [0.15, 0.2) is 12.1 Å². The molecule has 15 heavy (non-hydrogen) atoms. The van der Waals surface area contributed by atoms with Crippen LogP contribution in [0.5, 0.6) is 0 Å². The van der Waals surface area contributed by atoms with Gasteiger partial charge in [0, 0.05) is 13.1 Å². The molecule has 2 rings (SSSR count). The van der Waals surface area contributed by atoms with Gasteiger partial charge in [0.25, 0.3) is 0 Å². The Balaban J connectivity index is 2.06. The van der Waals surface area contributed by atoms with Gasteiger partial charge in [0.15, 0.2) is 12.1 Å². The van der Waals surface area contributed by atoms with Crippen molar-refractivity contribution >= 4 is 12.1 Å². The van der Waals surface area contributed by atoms with Gasteiger partial charge in [-0.05, 0) is 25.0 Å². The quantitative estimate of drug-likeness (QED) is 0.704. The Morgan fingerprint density at radius 1 is 1.33 bits per heavy atom. The molecule has 0 radical (unpaired) electrons. The van der Waals surface area contributed by atoms with Crippen molar-refractivity contribution in [3.05, 3.63) is 17.8 Å². The average molecular weight is 207 g/mol. The van der Waals surface area contributed by atoms with Gasteiger partial charge in [0.1, 0.15) is 5.69 Å². The number of aldehydes is 1. The number of hydrogen-bond donors (Lipinski definition) is 1. The van der Waals surface area contributed by atoms with E-state index in [1.807, 2.05) is 0 Å². The summed E-state index contributed by atoms with van der Waals surface area (Å²) in [6.45, 7) is 1.58. The number of piperidine rings is 1. The Morgan fingerprint density at radius 3 is 2.60 bits per heavy atom. The third kappa shape index (κ3) is 2.30. The van der Waals surface area contributed by atoms with Crippen molar-refractivity contribution in [1.82, 2.24) is 10.2 Å². The van der Waals surface area contributed by atoms with Crippen molar-refractivity contribution in [3.8, 4) is 0 Å². The second-order valence-corrected chi connectivity index (χ2v) is 3.65. The van der Waals surface area contributed by atoms with E-state index in [1.165, 1.54) is 0 Å². The number of anilines is 1. The summed E-state index contributed by atoms with van der Waals surface area (Å²) in [6, 6.07) is 3.44. The van der Waals surface area contributed by atoms with E-state index >= 15 is 0 Å². The summed E-state index contributed by atoms with van der Waals surface area (Å²) >= 11 is 0. The molecule has 5 nitrogen and oxygen atoms in total. The van der Waals surface area contributed by atoms with Crippen LogP contribution in [0.25, 0.3) is 0 Å². The molecule has 2 heterocycles. The molecule has 0 aliphatic carbocycles. The fourth-order valence-electron chi connectivity index (χ4n) is 1.66. The molecule has 5 heteroatoms. The van der Waals surface area contributed by atoms with E-state index in [0.29, 0.717) is 12.0 Å². The van der Waals surface area contributed by atoms with Gasteiger partial charge in [-0.25, -0.2) is 0 Å². The number of nitrogens with zero attached hydrogens (tertiary/aromatic N) is 3. The number of aromatic nitrogens is 2. The number of carbonyl (C=O) groups is 1. The summed E-state index contributed by atoms with van der Waals surface area (Å²) in [6.07, 6.45) is 2.01. The van der Waals surface area contributed by atoms with E-state index in [9.17, 15) is 9.90 Å². The second-order valence-electron chi connectivity index (χ2n) is 3.65. The zero-order valence-corrected chi connectivity index (χ0v) is 8.33. The molecule has 1 aromatic heterocycles. The first-order valence-corrected chi connectivity index (χ1v) is 5.01. The number of hydrogen-bond acceptors (Lipinski definition) is 5. The predicted octanol–water partition coefficient (Wildman–Crippen LogP) is 0.250. The predicted molar refractivity (Wildman–Crippen MR) is 54.9 cm³/mol. The van der Waals surface area contributed by atoms with Crippen LogP contribution in [0.1, 0.15) is 23.3 Å². The molecule has 1 aromatic rings. The highest BCUT2D eigenvalue weighted by Gasteiger charge is 2.18. The standard InChI is InChI=1S/C10H13N3O2/c14-7-8-1-2-10(12-11-8)13-5-3-9(15)4-6-13/h1-2,7,9,15H,3-6H2. The van der Waals surface area contributed by atoms with Crippen LogP contribution >= 0.6 is 0 Å². The minimum Gasteiger partial charge on any atom is -0.393 e. The summed E-state index contributed by atoms with van der Waals surface area (Å²) in [4.78, 5) is 12.5. The van der Waals surface area contributed by atoms with Crippen LogP contribution in [0, 0.1) is 0 Å². The summed E-state index contributed by atoms with van der Waals surface area (Å²) in [5.41, 5.74) is 0.343. The van der Waals surface area contributed by atoms with Gasteiger partial charge < -0.3 is 10.0 Å². The number of aliphatic hydroxyl groups is 1. The topological polar surface area (TPSA) is 66.3 Å². The summed E-state index contributed by atoms with van der Waals surface area (Å²) in [5, 5.41) is 17.1. The van der Waals surface area contributed by atoms with Crippen LogP contribution in [0.4, 0.5) is 5.82 Å². The molecule has 0 bridgehead atoms. The van der Waals surface area contributed by atoms with E-state index in [2.05, 4.69) is 15.1 Å². The summed E-state index contributed by atoms with van der Waals surface area (Å²) < 4.78 is 0. The van der Waals surface area contributed by atoms with E-state index in [4.69, 9.17) is 0 Å². The minimum atomic E-state index is -0.191. The molecular formula is C10H13N3O2. The molecule has 0 saturated carbocycles. The van der Waals surface area contributed by atoms with Crippen LogP contribution in [0.2, 0.25) is 0 Å². The summed E-state index contributed by atoms with van der Waals surface area (Å²) in [7, 11) is 0. The highest BCUT2D eigenvalue weighted by atomic mass is 16.3. The van der Waals surface area contributed by atoms with Gasteiger partial charge in [-0.2, -0.15) is 0 Å². The Hall–Kier alpha value is -1.49. The molecule has 0 atom stereocenters. The van der Waals surface area contributed by atoms with Gasteiger partial charge >= 0.3 is 0 Å². The lowest BCUT2D eigenvalue weighted by molar-refractivity contribution is 0.111. The molecule has 0 amide bonds. The van der Waals surface area contributed by atoms with E-state index in [0.717, 1.165) is 31.7 Å². The molecule has 0 aromatic carbocycles. The van der Waals surface area contributed by atoms with E-state index < -0.39 is 0 Å². The van der Waals surface area contributed by atoms with Crippen LogP contribution < -0.4 is 4.90 Å². The molecule has 1 aliphatic heterocycles. The maximum Gasteiger partial charge on any atom is 0.170 e. The Morgan fingerprint density at radius 2 is 2.07 bits per heavy atom. The Kier molecular flexibility index (Phi) is 2.91. The lowest BCUT2D eigenvalue weighted by Gasteiger charge is -2.29. The minimum absolute atomic E-state index is 0.191. The summed E-state index contributed by atoms with van der Waals surface area (Å²) in [5.74, 6) is 0.771. The maximum atomic E-state index is 10.4. The first-order valence-electron chi connectivity index (χ1n) is 5.01. The highest BCUT2D eigenvalue weighted by Crippen LogP contribution is 2.16. The molecule has 0 spiro atoms. The van der Waals surface area contributed by atoms with Crippen molar-refractivity contribution in [2.24, 2.45) is 0 Å². The van der Waals surface area contributed by atoms with Crippen molar-refractivity contribution < 1.29 is 9.90 Å². The Bertz CT molecular complexity index is 331. The molecule has 1 aliphatic rings. The van der Waals surface area contributed by atoms with Gasteiger partial charge in [-0.15, -0.1) is 10.2 Å².